The summed E-state index contributed by atoms with van der Waals surface area (Å²) in [7, 11) is -3.76. The molecule has 1 heterocycles. The van der Waals surface area contributed by atoms with E-state index in [-0.39, 0.29) is 16.5 Å². The standard InChI is InChI=1S/C20H20F2N2O4S/c1-2-20(26)24-9-7-13-11-15(4-6-18(13)24)29(27,28)10-8-19(25)23-17-12-14(21)3-5-16(17)22/h3-6,11-12H,2,7-10H2,1H3,(H,23,25). The predicted molar refractivity (Wildman–Crippen MR) is 104 cm³/mol. The third kappa shape index (κ3) is 4.61. The third-order valence-corrected chi connectivity index (χ3v) is 6.42. The molecular weight excluding hydrogens is 402 g/mol. The number of benzene rings is 2. The first kappa shape index (κ1) is 20.9. The summed E-state index contributed by atoms with van der Waals surface area (Å²) in [6.07, 6.45) is 0.514. The Morgan fingerprint density at radius 1 is 1.14 bits per heavy atom. The Kier molecular flexibility index (Phi) is 5.97. The summed E-state index contributed by atoms with van der Waals surface area (Å²) >= 11 is 0. The van der Waals surface area contributed by atoms with Crippen LogP contribution >= 0.6 is 0 Å². The number of anilines is 2. The van der Waals surface area contributed by atoms with Gasteiger partial charge in [0.1, 0.15) is 11.6 Å². The molecule has 29 heavy (non-hydrogen) atoms. The van der Waals surface area contributed by atoms with E-state index in [4.69, 9.17) is 0 Å². The molecule has 0 saturated heterocycles. The highest BCUT2D eigenvalue weighted by Gasteiger charge is 2.26. The molecule has 6 nitrogen and oxygen atoms in total. The van der Waals surface area contributed by atoms with Crippen LogP contribution in [-0.4, -0.2) is 32.5 Å². The lowest BCUT2D eigenvalue weighted by Gasteiger charge is -2.16. The second-order valence-corrected chi connectivity index (χ2v) is 8.79. The Morgan fingerprint density at radius 2 is 1.90 bits per heavy atom. The summed E-state index contributed by atoms with van der Waals surface area (Å²) in [4.78, 5) is 25.6. The molecule has 2 aromatic rings. The van der Waals surface area contributed by atoms with Crippen LogP contribution in [0.2, 0.25) is 0 Å². The van der Waals surface area contributed by atoms with E-state index in [1.54, 1.807) is 17.9 Å². The molecule has 1 aliphatic heterocycles. The van der Waals surface area contributed by atoms with E-state index in [1.165, 1.54) is 12.1 Å². The highest BCUT2D eigenvalue weighted by Crippen LogP contribution is 2.31. The lowest BCUT2D eigenvalue weighted by atomic mass is 10.2. The number of carbonyl (C=O) groups is 2. The van der Waals surface area contributed by atoms with Crippen molar-refractivity contribution in [2.24, 2.45) is 0 Å². The highest BCUT2D eigenvalue weighted by atomic mass is 32.2. The number of hydrogen-bond donors (Lipinski definition) is 1. The first-order valence-corrected chi connectivity index (χ1v) is 10.8. The zero-order valence-corrected chi connectivity index (χ0v) is 16.6. The maximum atomic E-state index is 13.6. The molecule has 0 atom stereocenters. The maximum Gasteiger partial charge on any atom is 0.226 e. The average molecular weight is 422 g/mol. The molecular formula is C20H20F2N2O4S. The fourth-order valence-corrected chi connectivity index (χ4v) is 4.46. The minimum absolute atomic E-state index is 0.0272. The molecule has 9 heteroatoms. The quantitative estimate of drug-likeness (QED) is 0.776. The van der Waals surface area contributed by atoms with Crippen LogP contribution in [0, 0.1) is 11.6 Å². The van der Waals surface area contributed by atoms with Gasteiger partial charge in [-0.15, -0.1) is 0 Å². The molecule has 0 spiro atoms. The fourth-order valence-electron chi connectivity index (χ4n) is 3.17. The van der Waals surface area contributed by atoms with Gasteiger partial charge in [0.25, 0.3) is 0 Å². The minimum Gasteiger partial charge on any atom is -0.323 e. The first-order chi connectivity index (χ1) is 13.7. The molecule has 2 amide bonds. The Morgan fingerprint density at radius 3 is 2.62 bits per heavy atom. The van der Waals surface area contributed by atoms with Crippen LogP contribution < -0.4 is 10.2 Å². The van der Waals surface area contributed by atoms with E-state index in [0.29, 0.717) is 25.1 Å². The summed E-state index contributed by atoms with van der Waals surface area (Å²) in [5.41, 5.74) is 1.12. The molecule has 0 aromatic heterocycles. The van der Waals surface area contributed by atoms with Gasteiger partial charge in [0, 0.05) is 31.1 Å². The van der Waals surface area contributed by atoms with Gasteiger partial charge in [0.2, 0.25) is 11.8 Å². The molecule has 2 aromatic carbocycles. The number of fused-ring (bicyclic) bond motifs is 1. The highest BCUT2D eigenvalue weighted by molar-refractivity contribution is 7.91. The lowest BCUT2D eigenvalue weighted by molar-refractivity contribution is -0.118. The Balaban J connectivity index is 1.68. The molecule has 0 unspecified atom stereocenters. The maximum absolute atomic E-state index is 13.6. The molecule has 1 N–H and O–H groups in total. The number of nitrogens with one attached hydrogen (secondary N) is 1. The zero-order chi connectivity index (χ0) is 21.2. The zero-order valence-electron chi connectivity index (χ0n) is 15.7. The van der Waals surface area contributed by atoms with Gasteiger partial charge < -0.3 is 10.2 Å². The van der Waals surface area contributed by atoms with Crippen LogP contribution in [0.3, 0.4) is 0 Å². The number of sulfone groups is 1. The topological polar surface area (TPSA) is 83.6 Å². The van der Waals surface area contributed by atoms with Crippen molar-refractivity contribution in [2.45, 2.75) is 31.1 Å². The van der Waals surface area contributed by atoms with Crippen molar-refractivity contribution in [1.29, 1.82) is 0 Å². The van der Waals surface area contributed by atoms with Crippen molar-refractivity contribution in [3.05, 3.63) is 53.6 Å². The molecule has 0 radical (unpaired) electrons. The van der Waals surface area contributed by atoms with Crippen LogP contribution in [0.1, 0.15) is 25.3 Å². The number of hydrogen-bond acceptors (Lipinski definition) is 4. The summed E-state index contributed by atoms with van der Waals surface area (Å²) < 4.78 is 51.9. The summed E-state index contributed by atoms with van der Waals surface area (Å²) in [5.74, 6) is -2.78. The summed E-state index contributed by atoms with van der Waals surface area (Å²) in [5, 5.41) is 2.18. The van der Waals surface area contributed by atoms with E-state index < -0.39 is 39.6 Å². The van der Waals surface area contributed by atoms with E-state index >= 15 is 0 Å². The van der Waals surface area contributed by atoms with E-state index in [0.717, 1.165) is 23.8 Å². The van der Waals surface area contributed by atoms with Crippen molar-refractivity contribution in [3.8, 4) is 0 Å². The molecule has 154 valence electrons. The first-order valence-electron chi connectivity index (χ1n) is 9.12. The predicted octanol–water partition coefficient (Wildman–Crippen LogP) is 3.07. The van der Waals surface area contributed by atoms with Crippen molar-refractivity contribution >= 4 is 33.0 Å². The van der Waals surface area contributed by atoms with Crippen molar-refractivity contribution in [2.75, 3.05) is 22.5 Å². The Bertz CT molecular complexity index is 1070. The van der Waals surface area contributed by atoms with E-state index in [1.807, 2.05) is 0 Å². The number of carbonyl (C=O) groups excluding carboxylic acids is 2. The molecule has 1 aliphatic rings. The van der Waals surface area contributed by atoms with Gasteiger partial charge in [0.05, 0.1) is 16.3 Å². The van der Waals surface area contributed by atoms with Gasteiger partial charge in [-0.2, -0.15) is 0 Å². The Hall–Kier alpha value is -2.81. The van der Waals surface area contributed by atoms with Crippen molar-refractivity contribution < 1.29 is 26.8 Å². The fraction of sp³-hybridized carbons (Fsp3) is 0.300. The van der Waals surface area contributed by atoms with Crippen molar-refractivity contribution in [1.82, 2.24) is 0 Å². The molecule has 0 bridgehead atoms. The van der Waals surface area contributed by atoms with Gasteiger partial charge >= 0.3 is 0 Å². The molecule has 3 rings (SSSR count). The molecule has 0 saturated carbocycles. The lowest BCUT2D eigenvalue weighted by Crippen LogP contribution is -2.27. The summed E-state index contributed by atoms with van der Waals surface area (Å²) in [6.45, 7) is 2.27. The van der Waals surface area contributed by atoms with Crippen LogP contribution in [0.4, 0.5) is 20.2 Å². The average Bonchev–Trinajstić information content (AvgIpc) is 3.12. The second kappa shape index (κ2) is 8.28. The SMILES string of the molecule is CCC(=O)N1CCc2cc(S(=O)(=O)CCC(=O)Nc3cc(F)ccc3F)ccc21. The van der Waals surface area contributed by atoms with Crippen LogP contribution in [0.15, 0.2) is 41.3 Å². The second-order valence-electron chi connectivity index (χ2n) is 6.68. The van der Waals surface area contributed by atoms with Gasteiger partial charge in [-0.3, -0.25) is 9.59 Å². The van der Waals surface area contributed by atoms with Gasteiger partial charge in [0.15, 0.2) is 9.84 Å². The normalized spacial score (nSPS) is 13.3. The van der Waals surface area contributed by atoms with Crippen molar-refractivity contribution in [3.63, 3.8) is 0 Å². The molecule has 0 aliphatic carbocycles. The van der Waals surface area contributed by atoms with Crippen LogP contribution in [0.25, 0.3) is 0 Å². The smallest absolute Gasteiger partial charge is 0.226 e. The monoisotopic (exact) mass is 422 g/mol. The summed E-state index contributed by atoms with van der Waals surface area (Å²) in [6, 6.07) is 7.16. The third-order valence-electron chi connectivity index (χ3n) is 4.71. The van der Waals surface area contributed by atoms with Crippen LogP contribution in [-0.2, 0) is 25.8 Å². The van der Waals surface area contributed by atoms with E-state index in [9.17, 15) is 26.8 Å². The van der Waals surface area contributed by atoms with Gasteiger partial charge in [-0.05, 0) is 42.3 Å². The largest absolute Gasteiger partial charge is 0.323 e. The number of nitrogens with zero attached hydrogens (tertiary/aromatic N) is 1. The molecule has 0 fully saturated rings. The number of rotatable bonds is 6. The van der Waals surface area contributed by atoms with Gasteiger partial charge in [-0.1, -0.05) is 6.92 Å². The Labute approximate surface area is 167 Å². The van der Waals surface area contributed by atoms with Crippen LogP contribution in [0.5, 0.6) is 0 Å². The van der Waals surface area contributed by atoms with Gasteiger partial charge in [-0.25, -0.2) is 17.2 Å². The van der Waals surface area contributed by atoms with E-state index in [2.05, 4.69) is 5.32 Å². The minimum atomic E-state index is -3.76. The number of halogens is 2. The number of amides is 2.